The number of rotatable bonds is 4. The van der Waals surface area contributed by atoms with Gasteiger partial charge in [-0.2, -0.15) is 18.2 Å². The van der Waals surface area contributed by atoms with Crippen LogP contribution in [0, 0.1) is 5.82 Å². The van der Waals surface area contributed by atoms with Crippen molar-refractivity contribution in [1.82, 2.24) is 10.1 Å². The molecule has 8 heteroatoms. The molecule has 2 rings (SSSR count). The molecule has 114 valence electrons. The van der Waals surface area contributed by atoms with Gasteiger partial charge in [0, 0.05) is 12.5 Å². The highest BCUT2D eigenvalue weighted by Gasteiger charge is 2.32. The summed E-state index contributed by atoms with van der Waals surface area (Å²) in [5, 5.41) is 3.60. The fraction of sp³-hybridized carbons (Fsp3) is 0.385. The summed E-state index contributed by atoms with van der Waals surface area (Å²) in [7, 11) is 0. The quantitative estimate of drug-likeness (QED) is 0.881. The van der Waals surface area contributed by atoms with Crippen LogP contribution in [-0.4, -0.2) is 16.2 Å². The van der Waals surface area contributed by atoms with E-state index < -0.39 is 17.6 Å². The van der Waals surface area contributed by atoms with Crippen LogP contribution in [0.3, 0.4) is 0 Å². The molecular weight excluding hydrogens is 290 g/mol. The molecule has 0 spiro atoms. The lowest BCUT2D eigenvalue weighted by Crippen LogP contribution is -2.21. The Kier molecular flexibility index (Phi) is 4.26. The highest BCUT2D eigenvalue weighted by atomic mass is 19.4. The third kappa shape index (κ3) is 3.57. The van der Waals surface area contributed by atoms with Crippen molar-refractivity contribution in [2.24, 2.45) is 5.73 Å². The first-order valence-electron chi connectivity index (χ1n) is 6.26. The van der Waals surface area contributed by atoms with Crippen molar-refractivity contribution in [3.8, 4) is 11.5 Å². The van der Waals surface area contributed by atoms with E-state index in [-0.39, 0.29) is 23.3 Å². The van der Waals surface area contributed by atoms with Crippen molar-refractivity contribution in [3.05, 3.63) is 35.4 Å². The van der Waals surface area contributed by atoms with Crippen LogP contribution in [0.2, 0.25) is 0 Å². The molecule has 0 saturated heterocycles. The Balaban J connectivity index is 2.33. The average Bonchev–Trinajstić information content (AvgIpc) is 2.86. The predicted octanol–water partition coefficient (Wildman–Crippen LogP) is 3.17. The summed E-state index contributed by atoms with van der Waals surface area (Å²) in [5.74, 6) is -0.925. The van der Waals surface area contributed by atoms with Gasteiger partial charge in [-0.3, -0.25) is 0 Å². The third-order valence-electron chi connectivity index (χ3n) is 2.96. The summed E-state index contributed by atoms with van der Waals surface area (Å²) in [6.07, 6.45) is -3.59. The molecule has 2 aromatic rings. The van der Waals surface area contributed by atoms with Gasteiger partial charge in [-0.25, -0.2) is 4.39 Å². The molecule has 1 unspecified atom stereocenters. The lowest BCUT2D eigenvalue weighted by molar-refractivity contribution is -0.137. The maximum atomic E-state index is 13.7. The van der Waals surface area contributed by atoms with Gasteiger partial charge in [-0.1, -0.05) is 12.1 Å². The van der Waals surface area contributed by atoms with E-state index in [1.54, 1.807) is 0 Å². The summed E-state index contributed by atoms with van der Waals surface area (Å²) < 4.78 is 56.4. The minimum Gasteiger partial charge on any atom is -0.334 e. The van der Waals surface area contributed by atoms with Crippen molar-refractivity contribution in [2.75, 3.05) is 0 Å². The standard InChI is InChI=1S/C13H13F4N3O/c1-2-8(18)6-11-19-12(21-20-11)9-5-7(13(15,16)17)3-4-10(9)14/h3-5,8H,2,6,18H2,1H3. The summed E-state index contributed by atoms with van der Waals surface area (Å²) in [6.45, 7) is 1.87. The highest BCUT2D eigenvalue weighted by molar-refractivity contribution is 5.55. The van der Waals surface area contributed by atoms with Gasteiger partial charge >= 0.3 is 6.18 Å². The zero-order valence-electron chi connectivity index (χ0n) is 11.1. The monoisotopic (exact) mass is 303 g/mol. The van der Waals surface area contributed by atoms with Crippen molar-refractivity contribution in [3.63, 3.8) is 0 Å². The normalized spacial score (nSPS) is 13.4. The number of alkyl halides is 3. The molecule has 0 aliphatic heterocycles. The molecule has 0 saturated carbocycles. The topological polar surface area (TPSA) is 64.9 Å². The molecule has 1 atom stereocenters. The van der Waals surface area contributed by atoms with E-state index in [0.29, 0.717) is 25.0 Å². The van der Waals surface area contributed by atoms with Gasteiger partial charge in [0.15, 0.2) is 5.82 Å². The molecule has 0 aliphatic carbocycles. The second kappa shape index (κ2) is 5.80. The van der Waals surface area contributed by atoms with Crippen LogP contribution in [0.25, 0.3) is 11.5 Å². The fourth-order valence-corrected chi connectivity index (χ4v) is 1.69. The number of nitrogens with zero attached hydrogens (tertiary/aromatic N) is 2. The Labute approximate surface area is 118 Å². The van der Waals surface area contributed by atoms with Gasteiger partial charge in [0.25, 0.3) is 5.89 Å². The summed E-state index contributed by atoms with van der Waals surface area (Å²) in [4.78, 5) is 3.89. The number of benzene rings is 1. The SMILES string of the molecule is CCC(N)Cc1noc(-c2cc(C(F)(F)F)ccc2F)n1. The predicted molar refractivity (Wildman–Crippen MR) is 66.7 cm³/mol. The Morgan fingerprint density at radius 3 is 2.67 bits per heavy atom. The number of hydrogen-bond acceptors (Lipinski definition) is 4. The second-order valence-electron chi connectivity index (χ2n) is 4.58. The van der Waals surface area contributed by atoms with Crippen molar-refractivity contribution in [2.45, 2.75) is 32.0 Å². The van der Waals surface area contributed by atoms with Crippen LogP contribution in [-0.2, 0) is 12.6 Å². The molecule has 2 N–H and O–H groups in total. The number of aromatic nitrogens is 2. The molecule has 1 aromatic heterocycles. The molecule has 1 heterocycles. The number of nitrogens with two attached hydrogens (primary N) is 1. The molecule has 0 bridgehead atoms. The summed E-state index contributed by atoms with van der Waals surface area (Å²) >= 11 is 0. The first kappa shape index (κ1) is 15.4. The first-order valence-corrected chi connectivity index (χ1v) is 6.26. The van der Waals surface area contributed by atoms with Gasteiger partial charge < -0.3 is 10.3 Å². The molecule has 4 nitrogen and oxygen atoms in total. The van der Waals surface area contributed by atoms with Crippen LogP contribution < -0.4 is 5.73 Å². The van der Waals surface area contributed by atoms with E-state index in [4.69, 9.17) is 10.3 Å². The summed E-state index contributed by atoms with van der Waals surface area (Å²) in [6, 6.07) is 1.83. The summed E-state index contributed by atoms with van der Waals surface area (Å²) in [5.41, 5.74) is 4.36. The average molecular weight is 303 g/mol. The molecule has 0 amide bonds. The van der Waals surface area contributed by atoms with Gasteiger partial charge in [0.2, 0.25) is 0 Å². The largest absolute Gasteiger partial charge is 0.416 e. The smallest absolute Gasteiger partial charge is 0.334 e. The maximum absolute atomic E-state index is 13.7. The van der Waals surface area contributed by atoms with Crippen LogP contribution in [0.5, 0.6) is 0 Å². The molecule has 21 heavy (non-hydrogen) atoms. The Hall–Kier alpha value is -1.96. The van der Waals surface area contributed by atoms with Crippen LogP contribution in [0.15, 0.2) is 22.7 Å². The molecule has 0 radical (unpaired) electrons. The van der Waals surface area contributed by atoms with E-state index in [1.807, 2.05) is 6.92 Å². The second-order valence-corrected chi connectivity index (χ2v) is 4.58. The zero-order valence-corrected chi connectivity index (χ0v) is 11.1. The Morgan fingerprint density at radius 2 is 2.05 bits per heavy atom. The Morgan fingerprint density at radius 1 is 1.33 bits per heavy atom. The Bertz CT molecular complexity index is 624. The highest BCUT2D eigenvalue weighted by Crippen LogP contribution is 2.33. The van der Waals surface area contributed by atoms with Gasteiger partial charge in [-0.15, -0.1) is 0 Å². The lowest BCUT2D eigenvalue weighted by atomic mass is 10.1. The lowest BCUT2D eigenvalue weighted by Gasteiger charge is -2.07. The van der Waals surface area contributed by atoms with E-state index in [9.17, 15) is 17.6 Å². The zero-order chi connectivity index (χ0) is 15.6. The van der Waals surface area contributed by atoms with Gasteiger partial charge in [-0.05, 0) is 24.6 Å². The molecule has 0 fully saturated rings. The van der Waals surface area contributed by atoms with Crippen molar-refractivity contribution < 1.29 is 22.1 Å². The van der Waals surface area contributed by atoms with E-state index in [0.717, 1.165) is 6.07 Å². The molecule has 0 aliphatic rings. The fourth-order valence-electron chi connectivity index (χ4n) is 1.69. The molecule has 1 aromatic carbocycles. The van der Waals surface area contributed by atoms with Crippen LogP contribution in [0.4, 0.5) is 17.6 Å². The number of hydrogen-bond donors (Lipinski definition) is 1. The van der Waals surface area contributed by atoms with Crippen LogP contribution >= 0.6 is 0 Å². The van der Waals surface area contributed by atoms with Gasteiger partial charge in [0.1, 0.15) is 5.82 Å². The third-order valence-corrected chi connectivity index (χ3v) is 2.96. The molecular formula is C13H13F4N3O. The van der Waals surface area contributed by atoms with Crippen molar-refractivity contribution >= 4 is 0 Å². The van der Waals surface area contributed by atoms with E-state index >= 15 is 0 Å². The van der Waals surface area contributed by atoms with E-state index in [2.05, 4.69) is 10.1 Å². The van der Waals surface area contributed by atoms with Crippen LogP contribution in [0.1, 0.15) is 24.7 Å². The minimum atomic E-state index is -4.57. The van der Waals surface area contributed by atoms with Gasteiger partial charge in [0.05, 0.1) is 11.1 Å². The van der Waals surface area contributed by atoms with E-state index in [1.165, 1.54) is 0 Å². The number of halogens is 4. The maximum Gasteiger partial charge on any atom is 0.416 e. The van der Waals surface area contributed by atoms with Crippen molar-refractivity contribution in [1.29, 1.82) is 0 Å². The minimum absolute atomic E-state index is 0.193. The first-order chi connectivity index (χ1) is 9.81.